The molecule has 1 aliphatic rings. The van der Waals surface area contributed by atoms with Crippen molar-refractivity contribution in [1.82, 2.24) is 0 Å². The third kappa shape index (κ3) is 4.20. The predicted molar refractivity (Wildman–Crippen MR) is 101 cm³/mol. The van der Waals surface area contributed by atoms with Gasteiger partial charge in [0, 0.05) is 17.6 Å². The Bertz CT molecular complexity index is 747. The van der Waals surface area contributed by atoms with E-state index in [1.54, 1.807) is 0 Å². The topological polar surface area (TPSA) is 64.3 Å². The number of benzene rings is 2. The first-order valence-electron chi connectivity index (χ1n) is 8.77. The average molecular weight is 338 g/mol. The fourth-order valence-corrected chi connectivity index (χ4v) is 3.40. The molecule has 0 radical (unpaired) electrons. The second-order valence-corrected chi connectivity index (χ2v) is 7.62. The van der Waals surface area contributed by atoms with Gasteiger partial charge in [-0.1, -0.05) is 36.4 Å². The zero-order valence-electron chi connectivity index (χ0n) is 15.1. The summed E-state index contributed by atoms with van der Waals surface area (Å²) >= 11 is 0. The van der Waals surface area contributed by atoms with Gasteiger partial charge in [-0.05, 0) is 62.4 Å². The van der Waals surface area contributed by atoms with E-state index in [4.69, 9.17) is 10.5 Å². The summed E-state index contributed by atoms with van der Waals surface area (Å²) in [4.78, 5) is 11.9. The van der Waals surface area contributed by atoms with Gasteiger partial charge in [-0.3, -0.25) is 5.32 Å². The predicted octanol–water partition coefficient (Wildman–Crippen LogP) is 4.76. The summed E-state index contributed by atoms with van der Waals surface area (Å²) in [6.45, 7) is 5.54. The Morgan fingerprint density at radius 3 is 2.48 bits per heavy atom. The minimum absolute atomic E-state index is 0.00890. The van der Waals surface area contributed by atoms with Gasteiger partial charge < -0.3 is 10.5 Å². The van der Waals surface area contributed by atoms with Crippen LogP contribution in [0.1, 0.15) is 55.8 Å². The second kappa shape index (κ2) is 6.89. The SMILES string of the molecule is CC(C)(C)OC(=O)Nc1ccc([C@H]2CCc3ccccc3[C@@H]2N)cc1. The van der Waals surface area contributed by atoms with Crippen LogP contribution in [0.5, 0.6) is 0 Å². The number of aryl methyl sites for hydroxylation is 1. The molecule has 3 N–H and O–H groups in total. The lowest BCUT2D eigenvalue weighted by atomic mass is 9.77. The van der Waals surface area contributed by atoms with Crippen molar-refractivity contribution in [3.05, 3.63) is 65.2 Å². The van der Waals surface area contributed by atoms with Crippen molar-refractivity contribution < 1.29 is 9.53 Å². The van der Waals surface area contributed by atoms with Gasteiger partial charge in [0.05, 0.1) is 0 Å². The normalized spacial score (nSPS) is 19.8. The highest BCUT2D eigenvalue weighted by molar-refractivity contribution is 5.84. The lowest BCUT2D eigenvalue weighted by Crippen LogP contribution is -2.27. The highest BCUT2D eigenvalue weighted by Crippen LogP contribution is 2.39. The molecule has 1 amide bonds. The van der Waals surface area contributed by atoms with Gasteiger partial charge >= 0.3 is 6.09 Å². The zero-order chi connectivity index (χ0) is 18.0. The number of nitrogens with one attached hydrogen (secondary N) is 1. The molecule has 4 nitrogen and oxygen atoms in total. The first-order valence-corrected chi connectivity index (χ1v) is 8.77. The summed E-state index contributed by atoms with van der Waals surface area (Å²) in [7, 11) is 0. The maximum absolute atomic E-state index is 11.9. The molecule has 3 rings (SSSR count). The number of ether oxygens (including phenoxy) is 1. The minimum atomic E-state index is -0.508. The van der Waals surface area contributed by atoms with E-state index in [0.29, 0.717) is 5.92 Å². The third-order valence-corrected chi connectivity index (χ3v) is 4.56. The van der Waals surface area contributed by atoms with Crippen molar-refractivity contribution in [2.75, 3.05) is 5.32 Å². The van der Waals surface area contributed by atoms with Gasteiger partial charge in [0.25, 0.3) is 0 Å². The van der Waals surface area contributed by atoms with E-state index in [1.807, 2.05) is 45.0 Å². The van der Waals surface area contributed by atoms with Crippen LogP contribution in [-0.4, -0.2) is 11.7 Å². The average Bonchev–Trinajstić information content (AvgIpc) is 2.55. The number of fused-ring (bicyclic) bond motifs is 1. The standard InChI is InChI=1S/C21H26N2O2/c1-21(2,3)25-20(24)23-16-11-8-15(9-12-16)18-13-10-14-6-4-5-7-17(14)19(18)22/h4-9,11-12,18-19H,10,13,22H2,1-3H3,(H,23,24)/t18-,19+/m1/s1. The molecule has 0 aliphatic heterocycles. The van der Waals surface area contributed by atoms with Gasteiger partial charge in [0.1, 0.15) is 5.60 Å². The zero-order valence-corrected chi connectivity index (χ0v) is 15.1. The maximum Gasteiger partial charge on any atom is 0.412 e. The van der Waals surface area contributed by atoms with E-state index in [1.165, 1.54) is 16.7 Å². The van der Waals surface area contributed by atoms with Crippen molar-refractivity contribution in [3.8, 4) is 0 Å². The molecule has 0 bridgehead atoms. The van der Waals surface area contributed by atoms with Crippen molar-refractivity contribution in [3.63, 3.8) is 0 Å². The molecule has 0 heterocycles. The van der Waals surface area contributed by atoms with Crippen LogP contribution in [0.2, 0.25) is 0 Å². The largest absolute Gasteiger partial charge is 0.444 e. The van der Waals surface area contributed by atoms with Crippen LogP contribution in [0.25, 0.3) is 0 Å². The quantitative estimate of drug-likeness (QED) is 0.829. The molecule has 0 spiro atoms. The molecule has 0 saturated carbocycles. The van der Waals surface area contributed by atoms with Gasteiger partial charge in [0.15, 0.2) is 0 Å². The smallest absolute Gasteiger partial charge is 0.412 e. The molecule has 2 aromatic rings. The minimum Gasteiger partial charge on any atom is -0.444 e. The molecule has 0 saturated heterocycles. The molecule has 0 unspecified atom stereocenters. The van der Waals surface area contributed by atoms with E-state index in [0.717, 1.165) is 18.5 Å². The monoisotopic (exact) mass is 338 g/mol. The van der Waals surface area contributed by atoms with Crippen molar-refractivity contribution in [2.24, 2.45) is 5.73 Å². The molecule has 1 aliphatic carbocycles. The summed E-state index contributed by atoms with van der Waals surface area (Å²) in [5, 5.41) is 2.76. The number of hydrogen-bond acceptors (Lipinski definition) is 3. The Balaban J connectivity index is 1.70. The number of rotatable bonds is 2. The summed E-state index contributed by atoms with van der Waals surface area (Å²) in [5.74, 6) is 0.297. The van der Waals surface area contributed by atoms with E-state index in [-0.39, 0.29) is 6.04 Å². The summed E-state index contributed by atoms with van der Waals surface area (Å²) in [6.07, 6.45) is 1.65. The fraction of sp³-hybridized carbons (Fsp3) is 0.381. The van der Waals surface area contributed by atoms with Crippen molar-refractivity contribution in [1.29, 1.82) is 0 Å². The number of anilines is 1. The first-order chi connectivity index (χ1) is 11.8. The highest BCUT2D eigenvalue weighted by atomic mass is 16.6. The Labute approximate surface area is 149 Å². The van der Waals surface area contributed by atoms with Crippen molar-refractivity contribution in [2.45, 2.75) is 51.2 Å². The van der Waals surface area contributed by atoms with E-state index >= 15 is 0 Å². The number of amides is 1. The van der Waals surface area contributed by atoms with Gasteiger partial charge in [-0.25, -0.2) is 4.79 Å². The molecule has 0 aromatic heterocycles. The molecule has 0 fully saturated rings. The van der Waals surface area contributed by atoms with Crippen LogP contribution in [0, 0.1) is 0 Å². The number of carbonyl (C=O) groups is 1. The Hall–Kier alpha value is -2.33. The van der Waals surface area contributed by atoms with E-state index in [2.05, 4.69) is 29.6 Å². The van der Waals surface area contributed by atoms with Gasteiger partial charge in [-0.2, -0.15) is 0 Å². The second-order valence-electron chi connectivity index (χ2n) is 7.62. The van der Waals surface area contributed by atoms with Crippen LogP contribution < -0.4 is 11.1 Å². The van der Waals surface area contributed by atoms with E-state index in [9.17, 15) is 4.79 Å². The van der Waals surface area contributed by atoms with Crippen molar-refractivity contribution >= 4 is 11.8 Å². The molecule has 132 valence electrons. The summed E-state index contributed by atoms with van der Waals surface area (Å²) in [5.41, 5.74) is 10.5. The number of carbonyl (C=O) groups excluding carboxylic acids is 1. The van der Waals surface area contributed by atoms with Gasteiger partial charge in [0.2, 0.25) is 0 Å². The van der Waals surface area contributed by atoms with E-state index < -0.39 is 11.7 Å². The van der Waals surface area contributed by atoms with Crippen LogP contribution in [0.3, 0.4) is 0 Å². The van der Waals surface area contributed by atoms with Gasteiger partial charge in [-0.15, -0.1) is 0 Å². The number of nitrogens with two attached hydrogens (primary N) is 1. The van der Waals surface area contributed by atoms with Crippen LogP contribution >= 0.6 is 0 Å². The molecule has 4 heteroatoms. The number of hydrogen-bond donors (Lipinski definition) is 2. The molecule has 2 atom stereocenters. The third-order valence-electron chi connectivity index (χ3n) is 4.56. The summed E-state index contributed by atoms with van der Waals surface area (Å²) < 4.78 is 5.27. The Kier molecular flexibility index (Phi) is 4.82. The van der Waals surface area contributed by atoms with Crippen LogP contribution in [0.4, 0.5) is 10.5 Å². The Morgan fingerprint density at radius 2 is 1.80 bits per heavy atom. The highest BCUT2D eigenvalue weighted by Gasteiger charge is 2.27. The first kappa shape index (κ1) is 17.5. The van der Waals surface area contributed by atoms with Crippen LogP contribution in [-0.2, 0) is 11.2 Å². The molecular formula is C21H26N2O2. The molecule has 2 aromatic carbocycles. The lowest BCUT2D eigenvalue weighted by molar-refractivity contribution is 0.0636. The fourth-order valence-electron chi connectivity index (χ4n) is 3.40. The maximum atomic E-state index is 11.9. The lowest BCUT2D eigenvalue weighted by Gasteiger charge is -2.31. The molecular weight excluding hydrogens is 312 g/mol. The summed E-state index contributed by atoms with van der Waals surface area (Å²) in [6, 6.07) is 16.3. The molecule has 25 heavy (non-hydrogen) atoms. The Morgan fingerprint density at radius 1 is 1.12 bits per heavy atom. The van der Waals surface area contributed by atoms with Crippen LogP contribution in [0.15, 0.2) is 48.5 Å².